The third-order valence-electron chi connectivity index (χ3n) is 5.03. The van der Waals surface area contributed by atoms with E-state index in [9.17, 15) is 22.0 Å². The van der Waals surface area contributed by atoms with Gasteiger partial charge in [0.15, 0.2) is 11.5 Å². The monoisotopic (exact) mass is 438 g/mol. The molecule has 2 aliphatic heterocycles. The third-order valence-corrected chi connectivity index (χ3v) is 6.96. The zero-order valence-electron chi connectivity index (χ0n) is 16.0. The molecule has 2 aliphatic rings. The number of fused-ring (bicyclic) bond motifs is 1. The lowest BCUT2D eigenvalue weighted by Gasteiger charge is -2.34. The molecular formula is C20H20F2N2O5S. The predicted octanol–water partition coefficient (Wildman–Crippen LogP) is 2.27. The molecular weight excluding hydrogens is 418 g/mol. The van der Waals surface area contributed by atoms with Gasteiger partial charge in [-0.3, -0.25) is 4.79 Å². The van der Waals surface area contributed by atoms with Crippen molar-refractivity contribution in [2.75, 3.05) is 39.4 Å². The Morgan fingerprint density at radius 2 is 1.60 bits per heavy atom. The number of benzene rings is 2. The molecule has 10 heteroatoms. The van der Waals surface area contributed by atoms with Crippen LogP contribution in [0, 0.1) is 11.6 Å². The standard InChI is InChI=1S/C20H20F2N2O5S/c21-15-3-5-19(16(22)13-15)30(26,27)24-8-6-23(7-9-24)20(25)14-2-4-17-18(12-14)29-11-1-10-28-17/h2-5,12-13H,1,6-11H2. The molecule has 1 fully saturated rings. The van der Waals surface area contributed by atoms with E-state index in [0.717, 1.165) is 22.9 Å². The molecule has 4 rings (SSSR count). The number of rotatable bonds is 3. The average molecular weight is 438 g/mol. The number of carbonyl (C=O) groups excluding carboxylic acids is 1. The second-order valence-electron chi connectivity index (χ2n) is 6.98. The molecule has 7 nitrogen and oxygen atoms in total. The van der Waals surface area contributed by atoms with E-state index in [2.05, 4.69) is 0 Å². The summed E-state index contributed by atoms with van der Waals surface area (Å²) in [6.07, 6.45) is 0.753. The molecule has 0 N–H and O–H groups in total. The Labute approximate surface area is 172 Å². The van der Waals surface area contributed by atoms with Crippen molar-refractivity contribution in [3.8, 4) is 11.5 Å². The van der Waals surface area contributed by atoms with Crippen molar-refractivity contribution in [2.24, 2.45) is 0 Å². The van der Waals surface area contributed by atoms with E-state index in [1.807, 2.05) is 0 Å². The summed E-state index contributed by atoms with van der Waals surface area (Å²) < 4.78 is 64.7. The molecule has 1 amide bonds. The molecule has 160 valence electrons. The smallest absolute Gasteiger partial charge is 0.254 e. The van der Waals surface area contributed by atoms with E-state index in [4.69, 9.17) is 9.47 Å². The number of hydrogen-bond donors (Lipinski definition) is 0. The third kappa shape index (κ3) is 3.97. The predicted molar refractivity (Wildman–Crippen MR) is 103 cm³/mol. The minimum atomic E-state index is -4.12. The van der Waals surface area contributed by atoms with Crippen LogP contribution >= 0.6 is 0 Å². The normalized spacial score (nSPS) is 17.5. The number of ether oxygens (including phenoxy) is 2. The van der Waals surface area contributed by atoms with Crippen LogP contribution in [0.5, 0.6) is 11.5 Å². The van der Waals surface area contributed by atoms with Gasteiger partial charge in [0.25, 0.3) is 5.91 Å². The van der Waals surface area contributed by atoms with E-state index in [1.165, 1.54) is 4.90 Å². The minimum Gasteiger partial charge on any atom is -0.490 e. The van der Waals surface area contributed by atoms with Gasteiger partial charge in [0, 0.05) is 44.2 Å². The summed E-state index contributed by atoms with van der Waals surface area (Å²) in [6.45, 7) is 1.36. The van der Waals surface area contributed by atoms with Crippen LogP contribution in [0.2, 0.25) is 0 Å². The molecule has 0 saturated carbocycles. The van der Waals surface area contributed by atoms with Gasteiger partial charge >= 0.3 is 0 Å². The fourth-order valence-corrected chi connectivity index (χ4v) is 4.90. The lowest BCUT2D eigenvalue weighted by Crippen LogP contribution is -2.50. The SMILES string of the molecule is O=C(c1ccc2c(c1)OCCCO2)N1CCN(S(=O)(=O)c2ccc(F)cc2F)CC1. The van der Waals surface area contributed by atoms with E-state index < -0.39 is 26.6 Å². The van der Waals surface area contributed by atoms with Crippen molar-refractivity contribution in [2.45, 2.75) is 11.3 Å². The van der Waals surface area contributed by atoms with Crippen molar-refractivity contribution in [3.63, 3.8) is 0 Å². The Kier molecular flexibility index (Phi) is 5.61. The quantitative estimate of drug-likeness (QED) is 0.735. The molecule has 0 aliphatic carbocycles. The maximum Gasteiger partial charge on any atom is 0.254 e. The second kappa shape index (κ2) is 8.19. The lowest BCUT2D eigenvalue weighted by atomic mass is 10.1. The zero-order valence-corrected chi connectivity index (χ0v) is 16.8. The molecule has 0 unspecified atom stereocenters. The molecule has 0 aromatic heterocycles. The summed E-state index contributed by atoms with van der Waals surface area (Å²) >= 11 is 0. The Morgan fingerprint density at radius 3 is 2.30 bits per heavy atom. The molecule has 2 aromatic carbocycles. The van der Waals surface area contributed by atoms with Gasteiger partial charge in [0.2, 0.25) is 10.0 Å². The highest BCUT2D eigenvalue weighted by molar-refractivity contribution is 7.89. The first-order valence-corrected chi connectivity index (χ1v) is 10.9. The highest BCUT2D eigenvalue weighted by atomic mass is 32.2. The highest BCUT2D eigenvalue weighted by Gasteiger charge is 2.32. The molecule has 30 heavy (non-hydrogen) atoms. The van der Waals surface area contributed by atoms with Crippen molar-refractivity contribution < 1.29 is 31.5 Å². The van der Waals surface area contributed by atoms with Crippen molar-refractivity contribution in [3.05, 3.63) is 53.6 Å². The number of carbonyl (C=O) groups is 1. The number of halogens is 2. The van der Waals surface area contributed by atoms with Crippen LogP contribution in [0.4, 0.5) is 8.78 Å². The minimum absolute atomic E-state index is 0.00937. The fourth-order valence-electron chi connectivity index (χ4n) is 3.43. The molecule has 2 aromatic rings. The number of nitrogens with zero attached hydrogens (tertiary/aromatic N) is 2. The molecule has 0 atom stereocenters. The maximum atomic E-state index is 14.0. The van der Waals surface area contributed by atoms with Crippen molar-refractivity contribution in [1.29, 1.82) is 0 Å². The number of hydrogen-bond acceptors (Lipinski definition) is 5. The van der Waals surface area contributed by atoms with Crippen LogP contribution in [0.25, 0.3) is 0 Å². The van der Waals surface area contributed by atoms with Gasteiger partial charge in [-0.05, 0) is 30.3 Å². The Morgan fingerprint density at radius 1 is 0.900 bits per heavy atom. The number of amides is 1. The van der Waals surface area contributed by atoms with Gasteiger partial charge < -0.3 is 14.4 Å². The topological polar surface area (TPSA) is 76.2 Å². The largest absolute Gasteiger partial charge is 0.490 e. The highest BCUT2D eigenvalue weighted by Crippen LogP contribution is 2.31. The molecule has 0 spiro atoms. The summed E-state index contributed by atoms with van der Waals surface area (Å²) in [5.41, 5.74) is 0.417. The molecule has 0 bridgehead atoms. The number of piperazine rings is 1. The van der Waals surface area contributed by atoms with Crippen LogP contribution in [0.3, 0.4) is 0 Å². The Balaban J connectivity index is 1.45. The second-order valence-corrected chi connectivity index (χ2v) is 8.89. The summed E-state index contributed by atoms with van der Waals surface area (Å²) in [6, 6.07) is 7.31. The van der Waals surface area contributed by atoms with Crippen LogP contribution in [0.1, 0.15) is 16.8 Å². The summed E-state index contributed by atoms with van der Waals surface area (Å²) in [7, 11) is -4.12. The summed E-state index contributed by atoms with van der Waals surface area (Å²) in [5.74, 6) is -1.15. The Bertz CT molecular complexity index is 1070. The van der Waals surface area contributed by atoms with Gasteiger partial charge in [0.1, 0.15) is 16.5 Å². The van der Waals surface area contributed by atoms with Gasteiger partial charge in [-0.1, -0.05) is 0 Å². The first kappa shape index (κ1) is 20.5. The molecule has 2 heterocycles. The van der Waals surface area contributed by atoms with Crippen LogP contribution in [-0.2, 0) is 10.0 Å². The van der Waals surface area contributed by atoms with Gasteiger partial charge in [-0.2, -0.15) is 4.31 Å². The van der Waals surface area contributed by atoms with E-state index in [0.29, 0.717) is 36.3 Å². The van der Waals surface area contributed by atoms with Gasteiger partial charge in [-0.15, -0.1) is 0 Å². The Hall–Kier alpha value is -2.72. The van der Waals surface area contributed by atoms with Gasteiger partial charge in [0.05, 0.1) is 13.2 Å². The van der Waals surface area contributed by atoms with Crippen LogP contribution in [0.15, 0.2) is 41.3 Å². The first-order chi connectivity index (χ1) is 14.4. The summed E-state index contributed by atoms with van der Waals surface area (Å²) in [4.78, 5) is 13.8. The first-order valence-electron chi connectivity index (χ1n) is 9.50. The molecule has 0 radical (unpaired) electrons. The summed E-state index contributed by atoms with van der Waals surface area (Å²) in [5, 5.41) is 0. The maximum absolute atomic E-state index is 14.0. The van der Waals surface area contributed by atoms with E-state index >= 15 is 0 Å². The van der Waals surface area contributed by atoms with Crippen LogP contribution < -0.4 is 9.47 Å². The van der Waals surface area contributed by atoms with E-state index in [1.54, 1.807) is 18.2 Å². The van der Waals surface area contributed by atoms with Crippen molar-refractivity contribution in [1.82, 2.24) is 9.21 Å². The average Bonchev–Trinajstić information content (AvgIpc) is 2.98. The number of sulfonamides is 1. The lowest BCUT2D eigenvalue weighted by molar-refractivity contribution is 0.0697. The van der Waals surface area contributed by atoms with Gasteiger partial charge in [-0.25, -0.2) is 17.2 Å². The van der Waals surface area contributed by atoms with Crippen LogP contribution in [-0.4, -0.2) is 62.9 Å². The van der Waals surface area contributed by atoms with E-state index in [-0.39, 0.29) is 32.1 Å². The fraction of sp³-hybridized carbons (Fsp3) is 0.350. The zero-order chi connectivity index (χ0) is 21.3. The molecule has 1 saturated heterocycles. The van der Waals surface area contributed by atoms with Crippen molar-refractivity contribution >= 4 is 15.9 Å².